The van der Waals surface area contributed by atoms with Gasteiger partial charge in [0, 0.05) is 18.5 Å². The number of hydrogen-bond acceptors (Lipinski definition) is 5. The smallest absolute Gasteiger partial charge is 0.333 e. The minimum absolute atomic E-state index is 0.0795. The molecule has 0 atom stereocenters. The molecule has 8 heteroatoms. The monoisotopic (exact) mass is 378 g/mol. The Bertz CT molecular complexity index is 1300. The number of aryl methyl sites for hydroxylation is 1. The van der Waals surface area contributed by atoms with Crippen molar-refractivity contribution in [1.29, 1.82) is 0 Å². The molecule has 28 heavy (non-hydrogen) atoms. The van der Waals surface area contributed by atoms with Gasteiger partial charge in [0.15, 0.2) is 0 Å². The fourth-order valence-corrected chi connectivity index (χ4v) is 2.88. The number of hydrogen-bond donors (Lipinski definition) is 1. The van der Waals surface area contributed by atoms with Gasteiger partial charge in [0.2, 0.25) is 0 Å². The number of fused-ring (bicyclic) bond motifs is 1. The maximum atomic E-state index is 13.7. The van der Waals surface area contributed by atoms with Crippen LogP contribution in [0.5, 0.6) is 5.75 Å². The van der Waals surface area contributed by atoms with E-state index in [2.05, 4.69) is 15.0 Å². The molecule has 3 heterocycles. The number of pyridine rings is 2. The van der Waals surface area contributed by atoms with Gasteiger partial charge in [-0.25, -0.2) is 13.8 Å². The summed E-state index contributed by atoms with van der Waals surface area (Å²) < 4.78 is 20.4. The molecule has 0 fully saturated rings. The fourth-order valence-electron chi connectivity index (χ4n) is 2.88. The highest BCUT2D eigenvalue weighted by Crippen LogP contribution is 2.21. The van der Waals surface area contributed by atoms with Crippen LogP contribution in [0.2, 0.25) is 0 Å². The van der Waals surface area contributed by atoms with E-state index in [1.807, 2.05) is 0 Å². The Labute approximate surface area is 158 Å². The molecule has 0 aliphatic rings. The summed E-state index contributed by atoms with van der Waals surface area (Å²) >= 11 is 0. The summed E-state index contributed by atoms with van der Waals surface area (Å²) in [5, 5.41) is 0.343. The van der Waals surface area contributed by atoms with Crippen molar-refractivity contribution in [2.75, 3.05) is 0 Å². The number of nitrogens with zero attached hydrogens (tertiary/aromatic N) is 3. The first-order chi connectivity index (χ1) is 13.5. The van der Waals surface area contributed by atoms with Gasteiger partial charge >= 0.3 is 5.69 Å². The molecule has 0 amide bonds. The molecular formula is C20H15FN4O3. The zero-order chi connectivity index (χ0) is 19.7. The lowest BCUT2D eigenvalue weighted by Crippen LogP contribution is -2.34. The molecule has 1 aromatic carbocycles. The van der Waals surface area contributed by atoms with Gasteiger partial charge in [0.1, 0.15) is 23.9 Å². The summed E-state index contributed by atoms with van der Waals surface area (Å²) in [7, 11) is 0. The molecule has 0 bridgehead atoms. The van der Waals surface area contributed by atoms with E-state index >= 15 is 0 Å². The third-order valence-electron chi connectivity index (χ3n) is 4.33. The number of halogens is 1. The third kappa shape index (κ3) is 3.16. The Kier molecular flexibility index (Phi) is 4.44. The summed E-state index contributed by atoms with van der Waals surface area (Å²) in [6.45, 7) is 1.70. The van der Waals surface area contributed by atoms with Crippen LogP contribution >= 0.6 is 0 Å². The number of ether oxygens (including phenoxy) is 1. The van der Waals surface area contributed by atoms with E-state index < -0.39 is 17.1 Å². The molecule has 4 aromatic rings. The molecule has 0 radical (unpaired) electrons. The normalized spacial score (nSPS) is 10.9. The van der Waals surface area contributed by atoms with Gasteiger partial charge in [0.25, 0.3) is 5.56 Å². The molecule has 0 saturated carbocycles. The average molecular weight is 378 g/mol. The van der Waals surface area contributed by atoms with Gasteiger partial charge in [-0.15, -0.1) is 0 Å². The zero-order valence-electron chi connectivity index (χ0n) is 14.8. The van der Waals surface area contributed by atoms with Crippen molar-refractivity contribution in [3.8, 4) is 11.4 Å². The quantitative estimate of drug-likeness (QED) is 0.589. The number of aromatic nitrogens is 4. The summed E-state index contributed by atoms with van der Waals surface area (Å²) in [6.07, 6.45) is 4.39. The SMILES string of the molecule is Cc1ccc(OCc2ncccc2F)cc1-n1c(=O)[nH]c2cnccc2c1=O. The van der Waals surface area contributed by atoms with Crippen LogP contribution in [-0.2, 0) is 6.61 Å². The number of aromatic amines is 1. The first-order valence-corrected chi connectivity index (χ1v) is 8.47. The van der Waals surface area contributed by atoms with Gasteiger partial charge in [-0.2, -0.15) is 0 Å². The molecule has 0 aliphatic heterocycles. The van der Waals surface area contributed by atoms with Crippen LogP contribution < -0.4 is 16.0 Å². The Morgan fingerprint density at radius 1 is 1.18 bits per heavy atom. The molecule has 140 valence electrons. The van der Waals surface area contributed by atoms with Crippen LogP contribution in [0.15, 0.2) is 64.6 Å². The van der Waals surface area contributed by atoms with Crippen molar-refractivity contribution in [1.82, 2.24) is 19.5 Å². The van der Waals surface area contributed by atoms with Gasteiger partial charge in [0.05, 0.1) is 22.8 Å². The Morgan fingerprint density at radius 3 is 2.86 bits per heavy atom. The van der Waals surface area contributed by atoms with Crippen LogP contribution in [0, 0.1) is 12.7 Å². The number of benzene rings is 1. The molecule has 0 unspecified atom stereocenters. The van der Waals surface area contributed by atoms with E-state index in [9.17, 15) is 14.0 Å². The molecule has 7 nitrogen and oxygen atoms in total. The predicted molar refractivity (Wildman–Crippen MR) is 101 cm³/mol. The Morgan fingerprint density at radius 2 is 2.04 bits per heavy atom. The maximum Gasteiger partial charge on any atom is 0.333 e. The van der Waals surface area contributed by atoms with Crippen LogP contribution in [0.4, 0.5) is 4.39 Å². The topological polar surface area (TPSA) is 89.9 Å². The van der Waals surface area contributed by atoms with E-state index in [0.29, 0.717) is 27.9 Å². The van der Waals surface area contributed by atoms with Crippen molar-refractivity contribution in [2.45, 2.75) is 13.5 Å². The molecule has 1 N–H and O–H groups in total. The highest BCUT2D eigenvalue weighted by molar-refractivity contribution is 5.76. The van der Waals surface area contributed by atoms with Crippen molar-refractivity contribution < 1.29 is 9.13 Å². The van der Waals surface area contributed by atoms with Crippen LogP contribution in [0.1, 0.15) is 11.3 Å². The first kappa shape index (κ1) is 17.6. The van der Waals surface area contributed by atoms with E-state index in [0.717, 1.165) is 4.57 Å². The Balaban J connectivity index is 1.76. The summed E-state index contributed by atoms with van der Waals surface area (Å²) in [4.78, 5) is 35.9. The lowest BCUT2D eigenvalue weighted by atomic mass is 10.2. The van der Waals surface area contributed by atoms with Crippen molar-refractivity contribution >= 4 is 10.9 Å². The molecule has 0 spiro atoms. The lowest BCUT2D eigenvalue weighted by molar-refractivity contribution is 0.294. The van der Waals surface area contributed by atoms with Gasteiger partial charge in [-0.3, -0.25) is 14.8 Å². The first-order valence-electron chi connectivity index (χ1n) is 8.47. The minimum Gasteiger partial charge on any atom is -0.487 e. The third-order valence-corrected chi connectivity index (χ3v) is 4.33. The van der Waals surface area contributed by atoms with Crippen LogP contribution in [0.3, 0.4) is 0 Å². The molecule has 0 saturated heterocycles. The highest BCUT2D eigenvalue weighted by Gasteiger charge is 2.13. The van der Waals surface area contributed by atoms with Gasteiger partial charge in [-0.05, 0) is 36.8 Å². The van der Waals surface area contributed by atoms with E-state index in [-0.39, 0.29) is 12.3 Å². The highest BCUT2D eigenvalue weighted by atomic mass is 19.1. The second-order valence-electron chi connectivity index (χ2n) is 6.16. The summed E-state index contributed by atoms with van der Waals surface area (Å²) in [6, 6.07) is 9.32. The lowest BCUT2D eigenvalue weighted by Gasteiger charge is -2.12. The standard InChI is InChI=1S/C20H15FN4O3/c1-12-4-5-13(28-11-17-15(21)3-2-7-23-17)9-18(12)25-19(26)14-6-8-22-10-16(14)24-20(25)27/h2-10H,11H2,1H3,(H,24,27). The number of H-pyrrole nitrogens is 1. The van der Waals surface area contributed by atoms with Crippen molar-refractivity contribution in [2.24, 2.45) is 0 Å². The number of nitrogens with one attached hydrogen (secondary N) is 1. The maximum absolute atomic E-state index is 13.7. The fraction of sp³-hybridized carbons (Fsp3) is 0.100. The van der Waals surface area contributed by atoms with Gasteiger partial charge < -0.3 is 9.72 Å². The Hall–Kier alpha value is -3.81. The summed E-state index contributed by atoms with van der Waals surface area (Å²) in [5.41, 5.74) is 0.572. The van der Waals surface area contributed by atoms with E-state index in [4.69, 9.17) is 4.74 Å². The van der Waals surface area contributed by atoms with E-state index in [1.54, 1.807) is 31.2 Å². The van der Waals surface area contributed by atoms with Crippen molar-refractivity contribution in [3.05, 3.63) is 92.9 Å². The predicted octanol–water partition coefficient (Wildman–Crippen LogP) is 2.50. The van der Waals surface area contributed by atoms with Crippen LogP contribution in [-0.4, -0.2) is 19.5 Å². The second kappa shape index (κ2) is 7.07. The molecular weight excluding hydrogens is 363 g/mol. The minimum atomic E-state index is -0.582. The average Bonchev–Trinajstić information content (AvgIpc) is 2.69. The van der Waals surface area contributed by atoms with Gasteiger partial charge in [-0.1, -0.05) is 6.07 Å². The molecule has 0 aliphatic carbocycles. The largest absolute Gasteiger partial charge is 0.487 e. The van der Waals surface area contributed by atoms with E-state index in [1.165, 1.54) is 30.7 Å². The second-order valence-corrected chi connectivity index (χ2v) is 6.16. The summed E-state index contributed by atoms with van der Waals surface area (Å²) in [5.74, 6) is -0.0857. The van der Waals surface area contributed by atoms with Crippen molar-refractivity contribution in [3.63, 3.8) is 0 Å². The zero-order valence-corrected chi connectivity index (χ0v) is 14.8. The molecule has 4 rings (SSSR count). The number of rotatable bonds is 4. The molecule has 3 aromatic heterocycles. The van der Waals surface area contributed by atoms with Crippen LogP contribution in [0.25, 0.3) is 16.6 Å².